The molecule has 0 aliphatic heterocycles. The van der Waals surface area contributed by atoms with E-state index in [1.165, 1.54) is 32.2 Å². The summed E-state index contributed by atoms with van der Waals surface area (Å²) in [5.74, 6) is -1.18. The van der Waals surface area contributed by atoms with Crippen LogP contribution in [0.5, 0.6) is 5.75 Å². The summed E-state index contributed by atoms with van der Waals surface area (Å²) in [7, 11) is 1.48. The summed E-state index contributed by atoms with van der Waals surface area (Å²) in [4.78, 5) is 34.7. The Bertz CT molecular complexity index is 896. The molecule has 27 heavy (non-hydrogen) atoms. The standard InChI is InChI=1S/C19H20N2O6/c1-12-15(8-5-9-16(12)21(25)26)18(24)20-19(2,11-17(22)23)13-6-4-7-14(10-13)27-3/h4-10H,11H2,1-3H3,(H,20,24)(H,22,23). The van der Waals surface area contributed by atoms with Crippen LogP contribution in [0, 0.1) is 17.0 Å². The van der Waals surface area contributed by atoms with Crippen molar-refractivity contribution in [1.29, 1.82) is 0 Å². The van der Waals surface area contributed by atoms with Gasteiger partial charge in [0.05, 0.1) is 24.0 Å². The second-order valence-electron chi connectivity index (χ2n) is 6.30. The Balaban J connectivity index is 2.44. The maximum absolute atomic E-state index is 12.8. The molecule has 1 unspecified atom stereocenters. The smallest absolute Gasteiger partial charge is 0.306 e. The molecule has 0 radical (unpaired) electrons. The number of carbonyl (C=O) groups is 2. The van der Waals surface area contributed by atoms with E-state index in [-0.39, 0.29) is 23.2 Å². The van der Waals surface area contributed by atoms with Crippen LogP contribution in [0.25, 0.3) is 0 Å². The third-order valence-electron chi connectivity index (χ3n) is 4.35. The Morgan fingerprint density at radius 1 is 1.26 bits per heavy atom. The number of benzene rings is 2. The van der Waals surface area contributed by atoms with Gasteiger partial charge in [-0.05, 0) is 37.6 Å². The number of methoxy groups -OCH3 is 1. The van der Waals surface area contributed by atoms with Gasteiger partial charge < -0.3 is 15.2 Å². The van der Waals surface area contributed by atoms with Crippen molar-refractivity contribution in [3.05, 3.63) is 69.3 Å². The molecule has 0 aromatic heterocycles. The summed E-state index contributed by atoms with van der Waals surface area (Å²) in [6.45, 7) is 3.06. The summed E-state index contributed by atoms with van der Waals surface area (Å²) in [6.07, 6.45) is -0.375. The van der Waals surface area contributed by atoms with Crippen molar-refractivity contribution < 1.29 is 24.4 Å². The number of aliphatic carboxylic acids is 1. The van der Waals surface area contributed by atoms with Gasteiger partial charge in [-0.2, -0.15) is 0 Å². The van der Waals surface area contributed by atoms with Crippen LogP contribution in [0.15, 0.2) is 42.5 Å². The van der Waals surface area contributed by atoms with Crippen molar-refractivity contribution in [3.63, 3.8) is 0 Å². The lowest BCUT2D eigenvalue weighted by atomic mass is 9.87. The molecular formula is C19H20N2O6. The minimum Gasteiger partial charge on any atom is -0.497 e. The van der Waals surface area contributed by atoms with Crippen molar-refractivity contribution in [1.82, 2.24) is 5.32 Å². The fourth-order valence-electron chi connectivity index (χ4n) is 2.87. The van der Waals surface area contributed by atoms with E-state index in [0.29, 0.717) is 11.3 Å². The van der Waals surface area contributed by atoms with Crippen LogP contribution in [0.1, 0.15) is 34.8 Å². The SMILES string of the molecule is COc1cccc(C(C)(CC(=O)O)NC(=O)c2cccc([N+](=O)[O-])c2C)c1. The molecule has 0 aliphatic rings. The van der Waals surface area contributed by atoms with Crippen molar-refractivity contribution in [3.8, 4) is 5.75 Å². The molecule has 0 heterocycles. The number of nitro groups is 1. The molecule has 0 fully saturated rings. The molecule has 2 rings (SSSR count). The molecule has 8 nitrogen and oxygen atoms in total. The normalized spacial score (nSPS) is 12.7. The van der Waals surface area contributed by atoms with Crippen LogP contribution in [-0.4, -0.2) is 29.0 Å². The number of carboxylic acids is 1. The van der Waals surface area contributed by atoms with Crippen molar-refractivity contribution in [2.45, 2.75) is 25.8 Å². The first-order chi connectivity index (χ1) is 12.7. The Morgan fingerprint density at radius 2 is 1.93 bits per heavy atom. The fraction of sp³-hybridized carbons (Fsp3) is 0.263. The Labute approximate surface area is 155 Å². The largest absolute Gasteiger partial charge is 0.497 e. The summed E-state index contributed by atoms with van der Waals surface area (Å²) >= 11 is 0. The molecule has 0 saturated carbocycles. The second-order valence-corrected chi connectivity index (χ2v) is 6.30. The van der Waals surface area contributed by atoms with E-state index in [1.807, 2.05) is 0 Å². The van der Waals surface area contributed by atoms with Crippen molar-refractivity contribution in [2.24, 2.45) is 0 Å². The zero-order chi connectivity index (χ0) is 20.2. The third-order valence-corrected chi connectivity index (χ3v) is 4.35. The van der Waals surface area contributed by atoms with E-state index < -0.39 is 22.3 Å². The van der Waals surface area contributed by atoms with Gasteiger partial charge in [0.15, 0.2) is 0 Å². The maximum Gasteiger partial charge on any atom is 0.306 e. The van der Waals surface area contributed by atoms with Gasteiger partial charge in [-0.15, -0.1) is 0 Å². The predicted octanol–water partition coefficient (Wildman–Crippen LogP) is 3.03. The summed E-state index contributed by atoms with van der Waals surface area (Å²) in [5, 5.41) is 23.1. The molecule has 2 aromatic rings. The van der Waals surface area contributed by atoms with E-state index in [2.05, 4.69) is 5.32 Å². The van der Waals surface area contributed by atoms with E-state index in [0.717, 1.165) is 0 Å². The van der Waals surface area contributed by atoms with Gasteiger partial charge in [0.2, 0.25) is 0 Å². The van der Waals surface area contributed by atoms with Crippen LogP contribution in [0.4, 0.5) is 5.69 Å². The number of ether oxygens (including phenoxy) is 1. The minimum absolute atomic E-state index is 0.115. The number of nitrogens with zero attached hydrogens (tertiary/aromatic N) is 1. The summed E-state index contributed by atoms with van der Waals surface area (Å²) in [5.41, 5.74) is -0.550. The van der Waals surface area contributed by atoms with Crippen LogP contribution >= 0.6 is 0 Å². The highest BCUT2D eigenvalue weighted by molar-refractivity contribution is 5.97. The topological polar surface area (TPSA) is 119 Å². The molecule has 8 heteroatoms. The number of nitrogens with one attached hydrogen (secondary N) is 1. The summed E-state index contributed by atoms with van der Waals surface area (Å²) < 4.78 is 5.17. The highest BCUT2D eigenvalue weighted by Crippen LogP contribution is 2.29. The fourth-order valence-corrected chi connectivity index (χ4v) is 2.87. The van der Waals surface area contributed by atoms with Gasteiger partial charge in [-0.3, -0.25) is 19.7 Å². The number of rotatable bonds is 7. The zero-order valence-electron chi connectivity index (χ0n) is 15.2. The van der Waals surface area contributed by atoms with Crippen molar-refractivity contribution in [2.75, 3.05) is 7.11 Å². The predicted molar refractivity (Wildman–Crippen MR) is 97.9 cm³/mol. The van der Waals surface area contributed by atoms with Crippen LogP contribution < -0.4 is 10.1 Å². The molecular weight excluding hydrogens is 352 g/mol. The number of carboxylic acid groups (broad SMARTS) is 1. The first-order valence-corrected chi connectivity index (χ1v) is 8.11. The molecule has 0 aliphatic carbocycles. The number of hydrogen-bond acceptors (Lipinski definition) is 5. The van der Waals surface area contributed by atoms with E-state index in [4.69, 9.17) is 4.74 Å². The molecule has 0 saturated heterocycles. The van der Waals surface area contributed by atoms with Gasteiger partial charge in [-0.25, -0.2) is 0 Å². The molecule has 142 valence electrons. The highest BCUT2D eigenvalue weighted by atomic mass is 16.6. The van der Waals surface area contributed by atoms with Gasteiger partial charge in [0.25, 0.3) is 11.6 Å². The zero-order valence-corrected chi connectivity index (χ0v) is 15.2. The average molecular weight is 372 g/mol. The number of carbonyl (C=O) groups excluding carboxylic acids is 1. The monoisotopic (exact) mass is 372 g/mol. The quantitative estimate of drug-likeness (QED) is 0.569. The number of amides is 1. The highest BCUT2D eigenvalue weighted by Gasteiger charge is 2.33. The molecule has 1 atom stereocenters. The van der Waals surface area contributed by atoms with E-state index >= 15 is 0 Å². The number of hydrogen-bond donors (Lipinski definition) is 2. The molecule has 1 amide bonds. The molecule has 2 aromatic carbocycles. The maximum atomic E-state index is 12.8. The van der Waals surface area contributed by atoms with Gasteiger partial charge in [0, 0.05) is 17.2 Å². The minimum atomic E-state index is -1.24. The average Bonchev–Trinajstić information content (AvgIpc) is 2.60. The van der Waals surface area contributed by atoms with Crippen LogP contribution in [0.2, 0.25) is 0 Å². The lowest BCUT2D eigenvalue weighted by Crippen LogP contribution is -2.45. The first-order valence-electron chi connectivity index (χ1n) is 8.11. The van der Waals surface area contributed by atoms with Gasteiger partial charge in [-0.1, -0.05) is 18.2 Å². The van der Waals surface area contributed by atoms with Crippen LogP contribution in [0.3, 0.4) is 0 Å². The van der Waals surface area contributed by atoms with E-state index in [1.54, 1.807) is 31.2 Å². The van der Waals surface area contributed by atoms with E-state index in [9.17, 15) is 24.8 Å². The molecule has 2 N–H and O–H groups in total. The number of nitro benzene ring substituents is 1. The Kier molecular flexibility index (Phi) is 5.79. The van der Waals surface area contributed by atoms with Crippen LogP contribution in [-0.2, 0) is 10.3 Å². The Hall–Kier alpha value is -3.42. The molecule has 0 bridgehead atoms. The summed E-state index contributed by atoms with van der Waals surface area (Å²) in [6, 6.07) is 10.9. The van der Waals surface area contributed by atoms with Gasteiger partial charge >= 0.3 is 5.97 Å². The lowest BCUT2D eigenvalue weighted by molar-refractivity contribution is -0.385. The first kappa shape index (κ1) is 19.9. The third kappa shape index (κ3) is 4.41. The van der Waals surface area contributed by atoms with Gasteiger partial charge in [0.1, 0.15) is 5.75 Å². The molecule has 0 spiro atoms. The lowest BCUT2D eigenvalue weighted by Gasteiger charge is -2.30. The van der Waals surface area contributed by atoms with Crippen molar-refractivity contribution >= 4 is 17.6 Å². The second kappa shape index (κ2) is 7.86. The Morgan fingerprint density at radius 3 is 2.52 bits per heavy atom.